The van der Waals surface area contributed by atoms with E-state index in [-0.39, 0.29) is 12.5 Å². The predicted molar refractivity (Wildman–Crippen MR) is 105 cm³/mol. The summed E-state index contributed by atoms with van der Waals surface area (Å²) in [5.74, 6) is 1.46. The van der Waals surface area contributed by atoms with Crippen molar-refractivity contribution in [3.8, 4) is 0 Å². The Morgan fingerprint density at radius 2 is 2.08 bits per heavy atom. The van der Waals surface area contributed by atoms with E-state index in [1.54, 1.807) is 25.1 Å². The van der Waals surface area contributed by atoms with Crippen LogP contribution in [0.5, 0.6) is 0 Å². The minimum atomic E-state index is -3.44. The smallest absolute Gasteiger partial charge is 0.232 e. The highest BCUT2D eigenvalue weighted by molar-refractivity contribution is 7.92. The number of carbonyl (C=O) groups is 1. The number of carbonyl (C=O) groups excluding carboxylic acids is 1. The number of nitrogens with one attached hydrogen (secondary N) is 1. The SMILES string of the molecule is Cc1c(Cl)cccc1N(CCCC(=O)N[C@@H]1C[C@H]2CC[C@H]1C2)S(C)(=O)=O. The zero-order valence-corrected chi connectivity index (χ0v) is 16.9. The summed E-state index contributed by atoms with van der Waals surface area (Å²) in [7, 11) is -3.44. The molecule has 1 amide bonds. The zero-order valence-electron chi connectivity index (χ0n) is 15.4. The first-order valence-electron chi connectivity index (χ1n) is 9.28. The number of amides is 1. The van der Waals surface area contributed by atoms with Crippen LogP contribution < -0.4 is 9.62 Å². The van der Waals surface area contributed by atoms with Gasteiger partial charge in [0.15, 0.2) is 0 Å². The molecule has 0 aliphatic heterocycles. The zero-order chi connectivity index (χ0) is 18.9. The number of hydrogen-bond acceptors (Lipinski definition) is 3. The highest BCUT2D eigenvalue weighted by Gasteiger charge is 2.39. The van der Waals surface area contributed by atoms with Crippen molar-refractivity contribution in [2.45, 2.75) is 51.5 Å². The normalized spacial score (nSPS) is 24.7. The Bertz CT molecular complexity index is 781. The third kappa shape index (κ3) is 4.34. The van der Waals surface area contributed by atoms with Gasteiger partial charge in [-0.3, -0.25) is 9.10 Å². The van der Waals surface area contributed by atoms with E-state index in [2.05, 4.69) is 5.32 Å². The fraction of sp³-hybridized carbons (Fsp3) is 0.632. The standard InChI is InChI=1S/C19H27ClN2O3S/c1-13-16(20)5-3-6-18(13)22(26(2,24)25)10-4-7-19(23)21-17-12-14-8-9-15(17)11-14/h3,5-6,14-15,17H,4,7-12H2,1-2H3,(H,21,23)/t14-,15-,17+/m0/s1. The molecule has 144 valence electrons. The molecule has 3 rings (SSSR count). The van der Waals surface area contributed by atoms with Gasteiger partial charge >= 0.3 is 0 Å². The van der Waals surface area contributed by atoms with E-state index in [0.717, 1.165) is 17.9 Å². The first-order valence-corrected chi connectivity index (χ1v) is 11.5. The minimum absolute atomic E-state index is 0.0267. The molecule has 26 heavy (non-hydrogen) atoms. The lowest BCUT2D eigenvalue weighted by molar-refractivity contribution is -0.122. The number of sulfonamides is 1. The molecule has 2 saturated carbocycles. The van der Waals surface area contributed by atoms with Crippen molar-refractivity contribution in [1.82, 2.24) is 5.32 Å². The molecular weight excluding hydrogens is 372 g/mol. The quantitative estimate of drug-likeness (QED) is 0.764. The van der Waals surface area contributed by atoms with E-state index in [1.165, 1.54) is 29.8 Å². The van der Waals surface area contributed by atoms with Crippen LogP contribution in [-0.4, -0.2) is 33.2 Å². The lowest BCUT2D eigenvalue weighted by Gasteiger charge is -2.25. The molecular formula is C19H27ClN2O3S. The van der Waals surface area contributed by atoms with Gasteiger partial charge in [-0.1, -0.05) is 24.1 Å². The molecule has 2 fully saturated rings. The van der Waals surface area contributed by atoms with Gasteiger partial charge in [-0.05, 0) is 62.1 Å². The summed E-state index contributed by atoms with van der Waals surface area (Å²) in [6, 6.07) is 5.55. The third-order valence-electron chi connectivity index (χ3n) is 5.76. The van der Waals surface area contributed by atoms with Gasteiger partial charge in [-0.25, -0.2) is 8.42 Å². The second-order valence-electron chi connectivity index (χ2n) is 7.67. The summed E-state index contributed by atoms with van der Waals surface area (Å²) >= 11 is 6.13. The fourth-order valence-corrected chi connectivity index (χ4v) is 5.60. The number of halogens is 1. The highest BCUT2D eigenvalue weighted by atomic mass is 35.5. The van der Waals surface area contributed by atoms with Gasteiger partial charge in [-0.15, -0.1) is 0 Å². The summed E-state index contributed by atoms with van der Waals surface area (Å²) < 4.78 is 25.8. The summed E-state index contributed by atoms with van der Waals surface area (Å²) in [4.78, 5) is 12.3. The Kier molecular flexibility index (Phi) is 5.82. The van der Waals surface area contributed by atoms with Crippen molar-refractivity contribution in [2.75, 3.05) is 17.1 Å². The lowest BCUT2D eigenvalue weighted by atomic mass is 9.95. The van der Waals surface area contributed by atoms with Gasteiger partial charge in [0.1, 0.15) is 0 Å². The molecule has 0 saturated heterocycles. The van der Waals surface area contributed by atoms with E-state index in [1.807, 2.05) is 0 Å². The van der Waals surface area contributed by atoms with Crippen molar-refractivity contribution in [3.05, 3.63) is 28.8 Å². The molecule has 0 spiro atoms. The molecule has 1 aromatic rings. The maximum absolute atomic E-state index is 12.3. The van der Waals surface area contributed by atoms with Crippen LogP contribution in [0.15, 0.2) is 18.2 Å². The summed E-state index contributed by atoms with van der Waals surface area (Å²) in [5, 5.41) is 3.69. The van der Waals surface area contributed by atoms with Crippen LogP contribution in [0.2, 0.25) is 5.02 Å². The van der Waals surface area contributed by atoms with Crippen molar-refractivity contribution >= 4 is 33.2 Å². The topological polar surface area (TPSA) is 66.5 Å². The average Bonchev–Trinajstić information content (AvgIpc) is 3.16. The van der Waals surface area contributed by atoms with Gasteiger partial charge in [0, 0.05) is 24.0 Å². The molecule has 0 radical (unpaired) electrons. The van der Waals surface area contributed by atoms with Crippen LogP contribution in [0.1, 0.15) is 44.1 Å². The Morgan fingerprint density at radius 3 is 2.69 bits per heavy atom. The molecule has 7 heteroatoms. The van der Waals surface area contributed by atoms with Crippen molar-refractivity contribution < 1.29 is 13.2 Å². The highest BCUT2D eigenvalue weighted by Crippen LogP contribution is 2.44. The molecule has 0 heterocycles. The number of anilines is 1. The van der Waals surface area contributed by atoms with E-state index in [9.17, 15) is 13.2 Å². The molecule has 1 aromatic carbocycles. The van der Waals surface area contributed by atoms with E-state index in [4.69, 9.17) is 11.6 Å². The van der Waals surface area contributed by atoms with Gasteiger partial charge in [0.05, 0.1) is 11.9 Å². The summed E-state index contributed by atoms with van der Waals surface area (Å²) in [6.45, 7) is 2.07. The van der Waals surface area contributed by atoms with Crippen LogP contribution in [0.25, 0.3) is 0 Å². The van der Waals surface area contributed by atoms with E-state index in [0.29, 0.717) is 35.5 Å². The van der Waals surface area contributed by atoms with Crippen LogP contribution in [0.3, 0.4) is 0 Å². The Morgan fingerprint density at radius 1 is 1.31 bits per heavy atom. The maximum Gasteiger partial charge on any atom is 0.232 e. The maximum atomic E-state index is 12.3. The molecule has 2 bridgehead atoms. The van der Waals surface area contributed by atoms with Crippen molar-refractivity contribution in [1.29, 1.82) is 0 Å². The average molecular weight is 399 g/mol. The Balaban J connectivity index is 1.57. The third-order valence-corrected chi connectivity index (χ3v) is 7.35. The molecule has 0 aromatic heterocycles. The monoisotopic (exact) mass is 398 g/mol. The first-order chi connectivity index (χ1) is 12.3. The van der Waals surface area contributed by atoms with Crippen LogP contribution in [-0.2, 0) is 14.8 Å². The Labute approximate surface area is 161 Å². The van der Waals surface area contributed by atoms with E-state index >= 15 is 0 Å². The second-order valence-corrected chi connectivity index (χ2v) is 9.99. The van der Waals surface area contributed by atoms with E-state index < -0.39 is 10.0 Å². The lowest BCUT2D eigenvalue weighted by Crippen LogP contribution is -2.39. The molecule has 0 unspecified atom stereocenters. The van der Waals surface area contributed by atoms with Gasteiger partial charge < -0.3 is 5.32 Å². The largest absolute Gasteiger partial charge is 0.353 e. The molecule has 5 nitrogen and oxygen atoms in total. The molecule has 2 aliphatic carbocycles. The Hall–Kier alpha value is -1.27. The minimum Gasteiger partial charge on any atom is -0.353 e. The number of hydrogen-bond donors (Lipinski definition) is 1. The second kappa shape index (κ2) is 7.77. The number of nitrogens with zero attached hydrogens (tertiary/aromatic N) is 1. The van der Waals surface area contributed by atoms with Gasteiger partial charge in [-0.2, -0.15) is 0 Å². The molecule has 1 N–H and O–H groups in total. The number of rotatable bonds is 7. The summed E-state index contributed by atoms with van der Waals surface area (Å²) in [6.07, 6.45) is 6.88. The fourth-order valence-electron chi connectivity index (χ4n) is 4.41. The predicted octanol–water partition coefficient (Wildman–Crippen LogP) is 3.50. The van der Waals surface area contributed by atoms with Crippen LogP contribution in [0, 0.1) is 18.8 Å². The van der Waals surface area contributed by atoms with Crippen molar-refractivity contribution in [3.63, 3.8) is 0 Å². The molecule has 2 aliphatic rings. The van der Waals surface area contributed by atoms with Crippen LogP contribution >= 0.6 is 11.6 Å². The van der Waals surface area contributed by atoms with Gasteiger partial charge in [0.25, 0.3) is 0 Å². The number of benzene rings is 1. The van der Waals surface area contributed by atoms with Crippen molar-refractivity contribution in [2.24, 2.45) is 11.8 Å². The summed E-state index contributed by atoms with van der Waals surface area (Å²) in [5.41, 5.74) is 1.31. The van der Waals surface area contributed by atoms with Gasteiger partial charge in [0.2, 0.25) is 15.9 Å². The van der Waals surface area contributed by atoms with Crippen LogP contribution in [0.4, 0.5) is 5.69 Å². The number of fused-ring (bicyclic) bond motifs is 2. The molecule has 3 atom stereocenters. The first kappa shape index (κ1) is 19.5.